The molecule has 0 radical (unpaired) electrons. The van der Waals surface area contributed by atoms with Crippen LogP contribution >= 0.6 is 0 Å². The van der Waals surface area contributed by atoms with E-state index in [0.717, 1.165) is 0 Å². The lowest BCUT2D eigenvalue weighted by Gasteiger charge is -1.78. The van der Waals surface area contributed by atoms with E-state index in [9.17, 15) is 8.42 Å². The van der Waals surface area contributed by atoms with Gasteiger partial charge >= 0.3 is 15.2 Å². The van der Waals surface area contributed by atoms with Crippen LogP contribution in [0.5, 0.6) is 0 Å². The molecule has 0 unspecified atom stereocenters. The van der Waals surface area contributed by atoms with Crippen molar-refractivity contribution in [2.24, 2.45) is 0 Å². The molecule has 0 spiro atoms. The lowest BCUT2D eigenvalue weighted by atomic mass is 11.6. The van der Waals surface area contributed by atoms with Crippen LogP contribution in [0.4, 0.5) is 0 Å². The van der Waals surface area contributed by atoms with Crippen molar-refractivity contribution in [1.29, 1.82) is 0 Å². The van der Waals surface area contributed by atoms with Crippen molar-refractivity contribution in [3.63, 3.8) is 0 Å². The first kappa shape index (κ1) is 4.25. The number of aromatic nitrogens is 1. The van der Waals surface area contributed by atoms with Gasteiger partial charge in [-0.05, 0) is 0 Å². The van der Waals surface area contributed by atoms with Crippen LogP contribution in [-0.4, -0.2) is 13.7 Å². The summed E-state index contributed by atoms with van der Waals surface area (Å²) in [5.74, 6) is 0. The highest BCUT2D eigenvalue weighted by Crippen LogP contribution is 1.79. The van der Waals surface area contributed by atoms with Crippen LogP contribution in [0.3, 0.4) is 0 Å². The Bertz CT molecular complexity index is 261. The molecule has 1 heterocycles. The van der Waals surface area contributed by atoms with Gasteiger partial charge in [-0.2, -0.15) is 8.42 Å². The monoisotopic (exact) mass is 123 g/mol. The highest BCUT2D eigenvalue weighted by Gasteiger charge is 1.85. The van der Waals surface area contributed by atoms with E-state index in [-0.39, 0.29) is 0 Å². The summed E-state index contributed by atoms with van der Waals surface area (Å²) in [6, 6.07) is 0. The van der Waals surface area contributed by atoms with E-state index in [2.05, 4.69) is 9.05 Å². The van der Waals surface area contributed by atoms with Crippen molar-refractivity contribution in [2.75, 3.05) is 0 Å². The Balaban J connectivity index is 3.69. The van der Waals surface area contributed by atoms with Gasteiger partial charge in [-0.25, -0.2) is 0 Å². The van der Waals surface area contributed by atoms with Gasteiger partial charge in [0.15, 0.2) is 0 Å². The first-order valence-corrected chi connectivity index (χ1v) is 2.43. The van der Waals surface area contributed by atoms with Crippen molar-refractivity contribution in [2.45, 2.75) is 0 Å². The number of hydrogen-bond acceptors (Lipinski definition) is 4. The number of rotatable bonds is 0. The van der Waals surface area contributed by atoms with E-state index in [0.29, 0.717) is 0 Å². The van der Waals surface area contributed by atoms with E-state index < -0.39 is 15.2 Å². The Morgan fingerprint density at radius 3 is 2.00 bits per heavy atom. The zero-order chi connectivity index (χ0) is 5.28. The average molecular weight is 123 g/mol. The lowest BCUT2D eigenvalue weighted by Crippen LogP contribution is -1.75. The minimum absolute atomic E-state index is 0.417. The van der Waals surface area contributed by atoms with E-state index in [1.807, 2.05) is 5.33 Å². The number of hydrogen-bond donors (Lipinski definition) is 1. The SMILES string of the molecule is O=S(=O)=c1o[nH]o1. The van der Waals surface area contributed by atoms with Crippen LogP contribution in [0.15, 0.2) is 9.05 Å². The first-order valence-electron chi connectivity index (χ1n) is 1.35. The molecule has 0 saturated heterocycles. The molecule has 6 heteroatoms. The summed E-state index contributed by atoms with van der Waals surface area (Å²) < 4.78 is 27.4. The van der Waals surface area contributed by atoms with Crippen LogP contribution in [0.2, 0.25) is 0 Å². The van der Waals surface area contributed by atoms with Crippen molar-refractivity contribution in [1.82, 2.24) is 5.33 Å². The minimum Gasteiger partial charge on any atom is -0.295 e. The summed E-state index contributed by atoms with van der Waals surface area (Å²) in [5, 5.41) is 1.81. The summed E-state index contributed by atoms with van der Waals surface area (Å²) in [4.78, 5) is -0.417. The molecule has 7 heavy (non-hydrogen) atoms. The fourth-order valence-electron chi connectivity index (χ4n) is 0.144. The van der Waals surface area contributed by atoms with Crippen molar-refractivity contribution >= 4 is 10.3 Å². The Kier molecular flexibility index (Phi) is 0.791. The molecule has 0 aliphatic carbocycles. The summed E-state index contributed by atoms with van der Waals surface area (Å²) in [7, 11) is -2.36. The zero-order valence-corrected chi connectivity index (χ0v) is 3.86. The summed E-state index contributed by atoms with van der Waals surface area (Å²) >= 11 is 0. The first-order chi connectivity index (χ1) is 3.30. The third-order valence-corrected chi connectivity index (χ3v) is 0.825. The van der Waals surface area contributed by atoms with Gasteiger partial charge in [-0.15, -0.1) is 0 Å². The molecule has 0 atom stereocenters. The van der Waals surface area contributed by atoms with Crippen LogP contribution in [0, 0.1) is 4.90 Å². The normalized spacial score (nSPS) is 9.14. The number of aromatic amines is 1. The highest BCUT2D eigenvalue weighted by molar-refractivity contribution is 7.63. The van der Waals surface area contributed by atoms with Crippen molar-refractivity contribution < 1.29 is 17.5 Å². The second-order valence-corrected chi connectivity index (χ2v) is 1.57. The molecular formula is CHNO4S. The fourth-order valence-corrected chi connectivity index (χ4v) is 0.348. The molecular weight excluding hydrogens is 122 g/mol. The summed E-state index contributed by atoms with van der Waals surface area (Å²) in [6.45, 7) is 0. The average Bonchev–Trinajstić information content (AvgIpc) is 1.23. The molecule has 0 amide bonds. The molecule has 1 rings (SSSR count). The predicted octanol–water partition coefficient (Wildman–Crippen LogP) is -0.388. The molecule has 0 saturated carbocycles. The molecule has 0 bridgehead atoms. The maximum atomic E-state index is 9.65. The van der Waals surface area contributed by atoms with E-state index in [1.165, 1.54) is 0 Å². The Hall–Kier alpha value is -0.910. The van der Waals surface area contributed by atoms with Crippen LogP contribution < -0.4 is 0 Å². The summed E-state index contributed by atoms with van der Waals surface area (Å²) in [6.07, 6.45) is 0. The maximum Gasteiger partial charge on any atom is 0.461 e. The van der Waals surface area contributed by atoms with Gasteiger partial charge in [-0.1, -0.05) is 5.33 Å². The van der Waals surface area contributed by atoms with Crippen molar-refractivity contribution in [3.8, 4) is 0 Å². The smallest absolute Gasteiger partial charge is 0.295 e. The second-order valence-electron chi connectivity index (χ2n) is 0.772. The van der Waals surface area contributed by atoms with E-state index >= 15 is 0 Å². The van der Waals surface area contributed by atoms with Gasteiger partial charge in [-0.3, -0.25) is 9.05 Å². The Morgan fingerprint density at radius 1 is 1.43 bits per heavy atom. The summed E-state index contributed by atoms with van der Waals surface area (Å²) in [5.41, 5.74) is 0. The molecule has 5 nitrogen and oxygen atoms in total. The quantitative estimate of drug-likeness (QED) is 0.476. The Morgan fingerprint density at radius 2 is 2.00 bits per heavy atom. The van der Waals surface area contributed by atoms with E-state index in [4.69, 9.17) is 0 Å². The largest absolute Gasteiger partial charge is 0.461 e. The molecule has 0 fully saturated rings. The minimum atomic E-state index is -2.36. The van der Waals surface area contributed by atoms with Gasteiger partial charge in [0.2, 0.25) is 0 Å². The van der Waals surface area contributed by atoms with Crippen molar-refractivity contribution in [3.05, 3.63) is 4.90 Å². The molecule has 1 aromatic heterocycles. The molecule has 40 valence electrons. The second kappa shape index (κ2) is 1.30. The molecule has 1 N–H and O–H groups in total. The third-order valence-electron chi connectivity index (χ3n) is 0.386. The Labute approximate surface area is 39.0 Å². The maximum absolute atomic E-state index is 9.65. The number of nitrogens with one attached hydrogen (secondary N) is 1. The topological polar surface area (TPSA) is 76.2 Å². The molecule has 0 aromatic carbocycles. The number of H-pyrrole nitrogens is 1. The third kappa shape index (κ3) is 0.588. The molecule has 0 aliphatic heterocycles. The van der Waals surface area contributed by atoms with Gasteiger partial charge in [0.1, 0.15) is 0 Å². The van der Waals surface area contributed by atoms with Crippen LogP contribution in [-0.2, 0) is 10.3 Å². The molecule has 1 aromatic rings. The van der Waals surface area contributed by atoms with Gasteiger partial charge in [0.25, 0.3) is 0 Å². The zero-order valence-electron chi connectivity index (χ0n) is 3.04. The lowest BCUT2D eigenvalue weighted by molar-refractivity contribution is 0.0381. The van der Waals surface area contributed by atoms with Crippen LogP contribution in [0.25, 0.3) is 0 Å². The van der Waals surface area contributed by atoms with Gasteiger partial charge in [0, 0.05) is 0 Å². The van der Waals surface area contributed by atoms with Gasteiger partial charge in [0.05, 0.1) is 0 Å². The van der Waals surface area contributed by atoms with Gasteiger partial charge < -0.3 is 0 Å². The molecule has 0 aliphatic rings. The van der Waals surface area contributed by atoms with E-state index in [1.54, 1.807) is 0 Å². The predicted molar refractivity (Wildman–Crippen MR) is 17.5 cm³/mol. The standard InChI is InChI=1S/CHNO4S/c3-7(4)1-5-2-6-1/h2H. The fraction of sp³-hybridized carbons (Fsp3) is 0. The van der Waals surface area contributed by atoms with Crippen LogP contribution in [0.1, 0.15) is 0 Å². The highest BCUT2D eigenvalue weighted by atomic mass is 32.2.